The molecular formula is C24H16ClNOS. The van der Waals surface area contributed by atoms with Gasteiger partial charge in [-0.05, 0) is 42.5 Å². The van der Waals surface area contributed by atoms with Gasteiger partial charge < -0.3 is 9.64 Å². The molecule has 0 saturated carbocycles. The fraction of sp³-hybridized carbons (Fsp3) is 0. The lowest BCUT2D eigenvalue weighted by molar-refractivity contribution is 0.455. The highest BCUT2D eigenvalue weighted by Gasteiger charge is 2.23. The third-order valence-corrected chi connectivity index (χ3v) is 6.15. The number of halogens is 1. The first-order valence-electron chi connectivity index (χ1n) is 8.98. The normalized spacial score (nSPS) is 11.9. The highest BCUT2D eigenvalue weighted by atomic mass is 35.5. The summed E-state index contributed by atoms with van der Waals surface area (Å²) in [5.74, 6) is 1.64. The molecule has 2 nitrogen and oxygen atoms in total. The van der Waals surface area contributed by atoms with Gasteiger partial charge in [0.15, 0.2) is 0 Å². The SMILES string of the molecule is Clc1cc(N(c2ccccc2)c2ccccc2)cc2c1Sc1ccccc1O2. The Morgan fingerprint density at radius 3 is 1.93 bits per heavy atom. The number of nitrogens with zero attached hydrogens (tertiary/aromatic N) is 1. The largest absolute Gasteiger partial charge is 0.455 e. The summed E-state index contributed by atoms with van der Waals surface area (Å²) >= 11 is 8.35. The number of hydrogen-bond acceptors (Lipinski definition) is 3. The van der Waals surface area contributed by atoms with Gasteiger partial charge in [-0.2, -0.15) is 0 Å². The molecule has 0 saturated heterocycles. The van der Waals surface area contributed by atoms with E-state index in [1.165, 1.54) is 0 Å². The monoisotopic (exact) mass is 401 g/mol. The van der Waals surface area contributed by atoms with Gasteiger partial charge >= 0.3 is 0 Å². The van der Waals surface area contributed by atoms with Gasteiger partial charge in [-0.15, -0.1) is 0 Å². The van der Waals surface area contributed by atoms with Crippen molar-refractivity contribution < 1.29 is 4.74 Å². The molecule has 0 fully saturated rings. The molecule has 0 radical (unpaired) electrons. The Morgan fingerprint density at radius 2 is 1.25 bits per heavy atom. The highest BCUT2D eigenvalue weighted by Crippen LogP contribution is 2.52. The molecule has 5 rings (SSSR count). The molecule has 4 aromatic rings. The van der Waals surface area contributed by atoms with E-state index < -0.39 is 0 Å². The second-order valence-electron chi connectivity index (χ2n) is 6.41. The molecule has 1 aliphatic heterocycles. The summed E-state index contributed by atoms with van der Waals surface area (Å²) < 4.78 is 6.19. The van der Waals surface area contributed by atoms with Crippen LogP contribution >= 0.6 is 23.4 Å². The van der Waals surface area contributed by atoms with Crippen LogP contribution in [-0.2, 0) is 0 Å². The van der Waals surface area contributed by atoms with E-state index in [4.69, 9.17) is 16.3 Å². The lowest BCUT2D eigenvalue weighted by Gasteiger charge is -2.28. The molecule has 0 N–H and O–H groups in total. The summed E-state index contributed by atoms with van der Waals surface area (Å²) in [6, 6.07) is 32.6. The van der Waals surface area contributed by atoms with Crippen molar-refractivity contribution in [1.82, 2.24) is 0 Å². The van der Waals surface area contributed by atoms with Crippen LogP contribution in [-0.4, -0.2) is 0 Å². The van der Waals surface area contributed by atoms with E-state index in [1.54, 1.807) is 11.8 Å². The molecule has 4 aromatic carbocycles. The van der Waals surface area contributed by atoms with Gasteiger partial charge in [0.1, 0.15) is 11.5 Å². The molecule has 0 bridgehead atoms. The fourth-order valence-corrected chi connectivity index (χ4v) is 4.56. The minimum absolute atomic E-state index is 0.684. The number of hydrogen-bond donors (Lipinski definition) is 0. The first-order valence-corrected chi connectivity index (χ1v) is 10.2. The third-order valence-electron chi connectivity index (χ3n) is 4.56. The first kappa shape index (κ1) is 17.2. The van der Waals surface area contributed by atoms with Crippen molar-refractivity contribution in [2.24, 2.45) is 0 Å². The Labute approximate surface area is 173 Å². The molecule has 136 valence electrons. The molecule has 0 amide bonds. The summed E-state index contributed by atoms with van der Waals surface area (Å²) in [6.45, 7) is 0. The zero-order valence-electron chi connectivity index (χ0n) is 14.9. The van der Waals surface area contributed by atoms with Crippen LogP contribution in [0.3, 0.4) is 0 Å². The Balaban J connectivity index is 1.64. The van der Waals surface area contributed by atoms with Crippen LogP contribution in [0, 0.1) is 0 Å². The summed E-state index contributed by atoms with van der Waals surface area (Å²) in [7, 11) is 0. The smallest absolute Gasteiger partial charge is 0.145 e. The van der Waals surface area contributed by atoms with E-state index in [9.17, 15) is 0 Å². The van der Waals surface area contributed by atoms with Gasteiger partial charge in [-0.1, -0.05) is 71.9 Å². The maximum absolute atomic E-state index is 6.71. The predicted octanol–water partition coefficient (Wildman–Crippen LogP) is 8.07. The minimum atomic E-state index is 0.684. The topological polar surface area (TPSA) is 12.5 Å². The highest BCUT2D eigenvalue weighted by molar-refractivity contribution is 7.99. The lowest BCUT2D eigenvalue weighted by atomic mass is 10.2. The van der Waals surface area contributed by atoms with Crippen molar-refractivity contribution in [2.75, 3.05) is 4.90 Å². The molecule has 0 atom stereocenters. The number of fused-ring (bicyclic) bond motifs is 2. The molecule has 0 aromatic heterocycles. The Hall–Kier alpha value is -2.88. The van der Waals surface area contributed by atoms with Crippen molar-refractivity contribution in [2.45, 2.75) is 9.79 Å². The van der Waals surface area contributed by atoms with E-state index >= 15 is 0 Å². The van der Waals surface area contributed by atoms with Crippen LogP contribution in [0.4, 0.5) is 17.1 Å². The first-order chi connectivity index (χ1) is 13.8. The zero-order chi connectivity index (χ0) is 18.9. The van der Waals surface area contributed by atoms with Crippen molar-refractivity contribution in [3.05, 3.63) is 102 Å². The number of para-hydroxylation sites is 3. The van der Waals surface area contributed by atoms with Crippen LogP contribution in [0.15, 0.2) is 107 Å². The van der Waals surface area contributed by atoms with Gasteiger partial charge in [-0.25, -0.2) is 0 Å². The number of rotatable bonds is 3. The van der Waals surface area contributed by atoms with Crippen LogP contribution in [0.25, 0.3) is 0 Å². The van der Waals surface area contributed by atoms with Gasteiger partial charge in [0, 0.05) is 17.4 Å². The van der Waals surface area contributed by atoms with Gasteiger partial charge in [0.05, 0.1) is 20.5 Å². The average molecular weight is 402 g/mol. The van der Waals surface area contributed by atoms with Crippen LogP contribution in [0.2, 0.25) is 5.02 Å². The van der Waals surface area contributed by atoms with Crippen LogP contribution < -0.4 is 9.64 Å². The zero-order valence-corrected chi connectivity index (χ0v) is 16.5. The van der Waals surface area contributed by atoms with Crippen molar-refractivity contribution in [1.29, 1.82) is 0 Å². The summed E-state index contributed by atoms with van der Waals surface area (Å²) in [5, 5.41) is 0.684. The second kappa shape index (κ2) is 7.27. The molecular weight excluding hydrogens is 386 g/mol. The van der Waals surface area contributed by atoms with E-state index in [0.717, 1.165) is 38.4 Å². The van der Waals surface area contributed by atoms with E-state index in [2.05, 4.69) is 35.2 Å². The van der Waals surface area contributed by atoms with Crippen LogP contribution in [0.1, 0.15) is 0 Å². The molecule has 0 aliphatic carbocycles. The van der Waals surface area contributed by atoms with Crippen molar-refractivity contribution in [3.63, 3.8) is 0 Å². The maximum Gasteiger partial charge on any atom is 0.145 e. The number of anilines is 3. The van der Waals surface area contributed by atoms with Gasteiger partial charge in [-0.3, -0.25) is 0 Å². The molecule has 1 aliphatic rings. The molecule has 28 heavy (non-hydrogen) atoms. The van der Waals surface area contributed by atoms with Gasteiger partial charge in [0.2, 0.25) is 0 Å². The van der Waals surface area contributed by atoms with E-state index in [1.807, 2.05) is 66.7 Å². The molecule has 0 spiro atoms. The Kier molecular flexibility index (Phi) is 4.47. The van der Waals surface area contributed by atoms with Crippen LogP contribution in [0.5, 0.6) is 11.5 Å². The van der Waals surface area contributed by atoms with E-state index in [-0.39, 0.29) is 0 Å². The Morgan fingerprint density at radius 1 is 0.643 bits per heavy atom. The fourth-order valence-electron chi connectivity index (χ4n) is 3.31. The van der Waals surface area contributed by atoms with E-state index in [0.29, 0.717) is 5.02 Å². The van der Waals surface area contributed by atoms with Crippen molar-refractivity contribution >= 4 is 40.4 Å². The standard InChI is InChI=1S/C24H16ClNOS/c25-20-15-19(16-22-24(20)28-23-14-8-7-13-21(23)27-22)26(17-9-3-1-4-10-17)18-11-5-2-6-12-18/h1-16H. The quantitative estimate of drug-likeness (QED) is 0.303. The maximum atomic E-state index is 6.71. The second-order valence-corrected chi connectivity index (χ2v) is 7.87. The molecule has 4 heteroatoms. The van der Waals surface area contributed by atoms with Gasteiger partial charge in [0.25, 0.3) is 0 Å². The summed E-state index contributed by atoms with van der Waals surface area (Å²) in [4.78, 5) is 4.21. The number of ether oxygens (including phenoxy) is 1. The lowest BCUT2D eigenvalue weighted by Crippen LogP contribution is -2.10. The summed E-state index contributed by atoms with van der Waals surface area (Å²) in [5.41, 5.74) is 3.09. The number of benzene rings is 4. The Bertz CT molecular complexity index is 1090. The average Bonchev–Trinajstić information content (AvgIpc) is 2.74. The van der Waals surface area contributed by atoms with Crippen molar-refractivity contribution in [3.8, 4) is 11.5 Å². The summed E-state index contributed by atoms with van der Waals surface area (Å²) in [6.07, 6.45) is 0. The third kappa shape index (κ3) is 3.13. The molecule has 1 heterocycles. The predicted molar refractivity (Wildman–Crippen MR) is 117 cm³/mol. The molecule has 0 unspecified atom stereocenters. The minimum Gasteiger partial charge on any atom is -0.455 e.